The topological polar surface area (TPSA) is 71.8 Å². The lowest BCUT2D eigenvalue weighted by atomic mass is 9.97. The molecule has 1 fully saturated rings. The van der Waals surface area contributed by atoms with Gasteiger partial charge in [-0.1, -0.05) is 42.5 Å². The van der Waals surface area contributed by atoms with Crippen molar-refractivity contribution >= 4 is 17.2 Å². The van der Waals surface area contributed by atoms with Gasteiger partial charge in [-0.25, -0.2) is 9.50 Å². The second-order valence-corrected chi connectivity index (χ2v) is 8.33. The Hall–Kier alpha value is -3.87. The molecule has 1 atom stereocenters. The van der Waals surface area contributed by atoms with Crippen LogP contribution in [0.1, 0.15) is 18.4 Å². The summed E-state index contributed by atoms with van der Waals surface area (Å²) in [5.74, 6) is 1.69. The molecule has 0 saturated carbocycles. The molecule has 1 N–H and O–H groups in total. The van der Waals surface area contributed by atoms with Crippen LogP contribution in [-0.2, 0) is 11.3 Å². The first-order valence-electron chi connectivity index (χ1n) is 11.3. The maximum atomic E-state index is 12.9. The lowest BCUT2D eigenvalue weighted by Crippen LogP contribution is -2.43. The average Bonchev–Trinajstić information content (AvgIpc) is 3.33. The Morgan fingerprint density at radius 3 is 2.88 bits per heavy atom. The zero-order chi connectivity index (χ0) is 22.6. The van der Waals surface area contributed by atoms with Crippen LogP contribution in [0.2, 0.25) is 0 Å². The quantitative estimate of drug-likeness (QED) is 0.491. The molecule has 4 aromatic rings. The van der Waals surface area contributed by atoms with Gasteiger partial charge in [0.05, 0.1) is 18.7 Å². The smallest absolute Gasteiger partial charge is 0.225 e. The van der Waals surface area contributed by atoms with Crippen molar-refractivity contribution in [3.63, 3.8) is 0 Å². The molecule has 7 nitrogen and oxygen atoms in total. The number of ether oxygens (including phenoxy) is 1. The highest BCUT2D eigenvalue weighted by Crippen LogP contribution is 2.29. The van der Waals surface area contributed by atoms with Crippen LogP contribution in [0.3, 0.4) is 0 Å². The van der Waals surface area contributed by atoms with Crippen molar-refractivity contribution in [3.05, 3.63) is 78.6 Å². The minimum Gasteiger partial charge on any atom is -0.497 e. The standard InChI is InChI=1S/C26H27N5O2/c1-33-22-11-5-9-20(15-22)23-16-24-25(27-12-14-31(24)29-23)30-13-6-10-21(18-30)26(32)28-17-19-7-3-2-4-8-19/h2-5,7-9,11-12,14-16,21H,6,10,13,17-18H2,1H3,(H,28,32)/t21-/m1/s1. The van der Waals surface area contributed by atoms with Gasteiger partial charge in [-0.15, -0.1) is 0 Å². The molecule has 3 heterocycles. The Bertz CT molecular complexity index is 1250. The van der Waals surface area contributed by atoms with E-state index in [0.717, 1.165) is 53.3 Å². The van der Waals surface area contributed by atoms with Crippen LogP contribution in [0.15, 0.2) is 73.1 Å². The minimum atomic E-state index is -0.0645. The molecule has 0 radical (unpaired) electrons. The number of aromatic nitrogens is 3. The lowest BCUT2D eigenvalue weighted by Gasteiger charge is -2.33. The maximum absolute atomic E-state index is 12.9. The Morgan fingerprint density at radius 1 is 1.15 bits per heavy atom. The summed E-state index contributed by atoms with van der Waals surface area (Å²) in [6.45, 7) is 2.07. The Morgan fingerprint density at radius 2 is 2.03 bits per heavy atom. The van der Waals surface area contributed by atoms with E-state index < -0.39 is 0 Å². The van der Waals surface area contributed by atoms with Crippen molar-refractivity contribution in [3.8, 4) is 17.0 Å². The van der Waals surface area contributed by atoms with Gasteiger partial charge in [0.15, 0.2) is 5.82 Å². The third-order valence-electron chi connectivity index (χ3n) is 6.14. The highest BCUT2D eigenvalue weighted by molar-refractivity contribution is 5.81. The van der Waals surface area contributed by atoms with E-state index in [0.29, 0.717) is 13.1 Å². The first kappa shape index (κ1) is 21.0. The molecule has 0 spiro atoms. The van der Waals surface area contributed by atoms with E-state index in [2.05, 4.69) is 21.3 Å². The summed E-state index contributed by atoms with van der Waals surface area (Å²) in [7, 11) is 1.66. The van der Waals surface area contributed by atoms with Gasteiger partial charge in [-0.3, -0.25) is 4.79 Å². The van der Waals surface area contributed by atoms with Gasteiger partial charge < -0.3 is 15.0 Å². The zero-order valence-electron chi connectivity index (χ0n) is 18.6. The van der Waals surface area contributed by atoms with E-state index in [1.807, 2.05) is 65.3 Å². The number of nitrogens with zero attached hydrogens (tertiary/aromatic N) is 4. The zero-order valence-corrected chi connectivity index (χ0v) is 18.6. The third kappa shape index (κ3) is 4.53. The summed E-state index contributed by atoms with van der Waals surface area (Å²) in [5, 5.41) is 7.85. The molecular weight excluding hydrogens is 414 g/mol. The van der Waals surface area contributed by atoms with Crippen LogP contribution < -0.4 is 15.0 Å². The molecule has 0 unspecified atom stereocenters. The molecule has 5 rings (SSSR count). The van der Waals surface area contributed by atoms with E-state index in [9.17, 15) is 4.79 Å². The third-order valence-corrected chi connectivity index (χ3v) is 6.14. The first-order valence-corrected chi connectivity index (χ1v) is 11.3. The van der Waals surface area contributed by atoms with Crippen LogP contribution in [0.5, 0.6) is 5.75 Å². The summed E-state index contributed by atoms with van der Waals surface area (Å²) < 4.78 is 7.22. The van der Waals surface area contributed by atoms with Gasteiger partial charge in [-0.05, 0) is 36.6 Å². The molecule has 2 aromatic carbocycles. The van der Waals surface area contributed by atoms with Gasteiger partial charge >= 0.3 is 0 Å². The molecule has 1 amide bonds. The van der Waals surface area contributed by atoms with Crippen molar-refractivity contribution in [2.75, 3.05) is 25.1 Å². The number of carbonyl (C=O) groups excluding carboxylic acids is 1. The Balaban J connectivity index is 1.35. The fourth-order valence-electron chi connectivity index (χ4n) is 4.39. The predicted octanol–water partition coefficient (Wildman–Crippen LogP) is 3.94. The van der Waals surface area contributed by atoms with E-state index in [4.69, 9.17) is 9.84 Å². The van der Waals surface area contributed by atoms with E-state index in [1.165, 1.54) is 0 Å². The molecule has 1 saturated heterocycles. The fraction of sp³-hybridized carbons (Fsp3) is 0.269. The Labute approximate surface area is 193 Å². The van der Waals surface area contributed by atoms with Gasteiger partial charge in [0.1, 0.15) is 11.3 Å². The van der Waals surface area contributed by atoms with Crippen LogP contribution in [0.25, 0.3) is 16.8 Å². The number of carbonyl (C=O) groups is 1. The van der Waals surface area contributed by atoms with E-state index in [-0.39, 0.29) is 11.8 Å². The van der Waals surface area contributed by atoms with Crippen LogP contribution in [0.4, 0.5) is 5.82 Å². The molecule has 0 aliphatic carbocycles. The summed E-state index contributed by atoms with van der Waals surface area (Å²) >= 11 is 0. The number of hydrogen-bond donors (Lipinski definition) is 1. The number of piperidine rings is 1. The van der Waals surface area contributed by atoms with Gasteiger partial charge in [-0.2, -0.15) is 5.10 Å². The molecule has 7 heteroatoms. The number of hydrogen-bond acceptors (Lipinski definition) is 5. The molecule has 33 heavy (non-hydrogen) atoms. The SMILES string of the molecule is COc1cccc(-c2cc3c(N4CCC[C@@H](C(=O)NCc5ccccc5)C4)nccn3n2)c1. The number of amides is 1. The van der Waals surface area contributed by atoms with Gasteiger partial charge in [0.2, 0.25) is 5.91 Å². The highest BCUT2D eigenvalue weighted by Gasteiger charge is 2.27. The summed E-state index contributed by atoms with van der Waals surface area (Å²) in [6, 6.07) is 19.9. The van der Waals surface area contributed by atoms with E-state index >= 15 is 0 Å². The van der Waals surface area contributed by atoms with E-state index in [1.54, 1.807) is 13.3 Å². The van der Waals surface area contributed by atoms with Crippen molar-refractivity contribution < 1.29 is 9.53 Å². The molecule has 168 valence electrons. The molecule has 0 bridgehead atoms. The van der Waals surface area contributed by atoms with Crippen LogP contribution in [0, 0.1) is 5.92 Å². The number of methoxy groups -OCH3 is 1. The monoisotopic (exact) mass is 441 g/mol. The molecular formula is C26H27N5O2. The maximum Gasteiger partial charge on any atom is 0.225 e. The lowest BCUT2D eigenvalue weighted by molar-refractivity contribution is -0.125. The largest absolute Gasteiger partial charge is 0.497 e. The Kier molecular flexibility index (Phi) is 5.93. The number of benzene rings is 2. The molecule has 2 aromatic heterocycles. The fourth-order valence-corrected chi connectivity index (χ4v) is 4.39. The second-order valence-electron chi connectivity index (χ2n) is 8.33. The van der Waals surface area contributed by atoms with Crippen molar-refractivity contribution in [1.29, 1.82) is 0 Å². The summed E-state index contributed by atoms with van der Waals surface area (Å²) in [4.78, 5) is 19.8. The first-order chi connectivity index (χ1) is 16.2. The minimum absolute atomic E-state index is 0.0645. The summed E-state index contributed by atoms with van der Waals surface area (Å²) in [6.07, 6.45) is 5.46. The number of nitrogens with one attached hydrogen (secondary N) is 1. The highest BCUT2D eigenvalue weighted by atomic mass is 16.5. The van der Waals surface area contributed by atoms with Crippen molar-refractivity contribution in [1.82, 2.24) is 19.9 Å². The van der Waals surface area contributed by atoms with Crippen molar-refractivity contribution in [2.45, 2.75) is 19.4 Å². The molecule has 1 aliphatic rings. The second kappa shape index (κ2) is 9.32. The number of fused-ring (bicyclic) bond motifs is 1. The predicted molar refractivity (Wildman–Crippen MR) is 128 cm³/mol. The van der Waals surface area contributed by atoms with Gasteiger partial charge in [0.25, 0.3) is 0 Å². The van der Waals surface area contributed by atoms with Crippen LogP contribution >= 0.6 is 0 Å². The number of rotatable bonds is 6. The average molecular weight is 442 g/mol. The number of anilines is 1. The van der Waals surface area contributed by atoms with Crippen LogP contribution in [-0.4, -0.2) is 40.7 Å². The summed E-state index contributed by atoms with van der Waals surface area (Å²) in [5.41, 5.74) is 3.88. The normalized spacial score (nSPS) is 16.0. The molecule has 1 aliphatic heterocycles. The van der Waals surface area contributed by atoms with Crippen molar-refractivity contribution in [2.24, 2.45) is 5.92 Å². The van der Waals surface area contributed by atoms with Gasteiger partial charge in [0, 0.05) is 37.6 Å².